The van der Waals surface area contributed by atoms with E-state index in [1.54, 1.807) is 4.90 Å². The van der Waals surface area contributed by atoms with Gasteiger partial charge in [0.1, 0.15) is 0 Å². The summed E-state index contributed by atoms with van der Waals surface area (Å²) >= 11 is 3.48. The van der Waals surface area contributed by atoms with Gasteiger partial charge in [0.05, 0.1) is 17.6 Å². The maximum absolute atomic E-state index is 12.6. The van der Waals surface area contributed by atoms with E-state index in [1.807, 2.05) is 62.4 Å². The topological polar surface area (TPSA) is 49.4 Å². The van der Waals surface area contributed by atoms with Crippen molar-refractivity contribution in [1.29, 1.82) is 0 Å². The third-order valence-electron chi connectivity index (χ3n) is 4.65. The van der Waals surface area contributed by atoms with Crippen molar-refractivity contribution in [2.24, 2.45) is 5.92 Å². The number of hydrogen-bond donors (Lipinski definition) is 1. The highest BCUT2D eigenvalue weighted by atomic mass is 79.9. The summed E-state index contributed by atoms with van der Waals surface area (Å²) in [5, 5.41) is 3.06. The zero-order valence-electron chi connectivity index (χ0n) is 14.3. The molecule has 1 saturated heterocycles. The number of carbonyl (C=O) groups excluding carboxylic acids is 2. The number of anilines is 1. The Bertz CT molecular complexity index is 806. The Kier molecular flexibility index (Phi) is 5.23. The van der Waals surface area contributed by atoms with Gasteiger partial charge in [-0.05, 0) is 53.0 Å². The fraction of sp³-hybridized carbons (Fsp3) is 0.300. The largest absolute Gasteiger partial charge is 0.349 e. The van der Waals surface area contributed by atoms with Crippen LogP contribution in [-0.4, -0.2) is 18.4 Å². The van der Waals surface area contributed by atoms with Gasteiger partial charge in [-0.3, -0.25) is 9.59 Å². The Morgan fingerprint density at radius 3 is 2.60 bits per heavy atom. The number of aryl methyl sites for hydroxylation is 1. The molecular weight excluding hydrogens is 380 g/mol. The summed E-state index contributed by atoms with van der Waals surface area (Å²) in [5.74, 6) is -0.416. The second-order valence-corrected chi connectivity index (χ2v) is 7.30. The van der Waals surface area contributed by atoms with Crippen LogP contribution in [-0.2, 0) is 9.59 Å². The minimum absolute atomic E-state index is 0.0180. The molecule has 2 aromatic rings. The molecule has 0 radical (unpaired) electrons. The van der Waals surface area contributed by atoms with Gasteiger partial charge in [-0.15, -0.1) is 0 Å². The number of amides is 2. The molecule has 1 aliphatic rings. The Morgan fingerprint density at radius 1 is 1.20 bits per heavy atom. The molecule has 1 N–H and O–H groups in total. The van der Waals surface area contributed by atoms with E-state index in [4.69, 9.17) is 0 Å². The van der Waals surface area contributed by atoms with E-state index in [-0.39, 0.29) is 30.2 Å². The van der Waals surface area contributed by atoms with E-state index < -0.39 is 0 Å². The van der Waals surface area contributed by atoms with Crippen LogP contribution in [0.4, 0.5) is 5.69 Å². The van der Waals surface area contributed by atoms with Crippen molar-refractivity contribution in [2.45, 2.75) is 26.3 Å². The van der Waals surface area contributed by atoms with Gasteiger partial charge in [0.2, 0.25) is 11.8 Å². The molecule has 5 heteroatoms. The molecule has 2 aromatic carbocycles. The molecule has 2 amide bonds. The molecule has 25 heavy (non-hydrogen) atoms. The number of nitrogens with zero attached hydrogens (tertiary/aromatic N) is 1. The summed E-state index contributed by atoms with van der Waals surface area (Å²) in [7, 11) is 0. The van der Waals surface area contributed by atoms with Crippen LogP contribution in [0.15, 0.2) is 53.0 Å². The first kappa shape index (κ1) is 17.7. The van der Waals surface area contributed by atoms with Crippen LogP contribution in [0.2, 0.25) is 0 Å². The van der Waals surface area contributed by atoms with Gasteiger partial charge in [0, 0.05) is 17.4 Å². The molecule has 0 unspecified atom stereocenters. The first-order valence-electron chi connectivity index (χ1n) is 8.38. The summed E-state index contributed by atoms with van der Waals surface area (Å²) in [6.07, 6.45) is 0.244. The van der Waals surface area contributed by atoms with E-state index in [9.17, 15) is 9.59 Å². The molecule has 0 aromatic heterocycles. The Hall–Kier alpha value is -2.14. The monoisotopic (exact) mass is 400 g/mol. The lowest BCUT2D eigenvalue weighted by molar-refractivity contribution is -0.126. The van der Waals surface area contributed by atoms with E-state index in [1.165, 1.54) is 0 Å². The number of hydrogen-bond acceptors (Lipinski definition) is 2. The lowest BCUT2D eigenvalue weighted by Crippen LogP contribution is -2.34. The van der Waals surface area contributed by atoms with Crippen LogP contribution in [0, 0.1) is 12.8 Å². The second kappa shape index (κ2) is 7.40. The van der Waals surface area contributed by atoms with Crippen LogP contribution in [0.25, 0.3) is 0 Å². The van der Waals surface area contributed by atoms with Crippen molar-refractivity contribution in [3.05, 3.63) is 64.1 Å². The average molecular weight is 401 g/mol. The second-order valence-electron chi connectivity index (χ2n) is 6.44. The van der Waals surface area contributed by atoms with Crippen LogP contribution in [0.1, 0.15) is 30.5 Å². The molecule has 3 rings (SSSR count). The minimum Gasteiger partial charge on any atom is -0.349 e. The number of benzene rings is 2. The Morgan fingerprint density at radius 2 is 1.88 bits per heavy atom. The van der Waals surface area contributed by atoms with Gasteiger partial charge in [0.25, 0.3) is 0 Å². The normalized spacial score (nSPS) is 18.3. The number of carbonyl (C=O) groups is 2. The highest BCUT2D eigenvalue weighted by Crippen LogP contribution is 2.31. The van der Waals surface area contributed by atoms with Crippen molar-refractivity contribution in [3.8, 4) is 0 Å². The lowest BCUT2D eigenvalue weighted by Gasteiger charge is -2.20. The van der Waals surface area contributed by atoms with Gasteiger partial charge in [-0.25, -0.2) is 0 Å². The van der Waals surface area contributed by atoms with Crippen molar-refractivity contribution in [3.63, 3.8) is 0 Å². The summed E-state index contributed by atoms with van der Waals surface area (Å²) in [5.41, 5.74) is 3.06. The third-order valence-corrected chi connectivity index (χ3v) is 5.32. The van der Waals surface area contributed by atoms with Gasteiger partial charge in [-0.2, -0.15) is 0 Å². The molecule has 0 saturated carbocycles. The number of nitrogens with one attached hydrogen (secondary N) is 1. The van der Waals surface area contributed by atoms with E-state index in [2.05, 4.69) is 21.2 Å². The van der Waals surface area contributed by atoms with Crippen LogP contribution >= 0.6 is 15.9 Å². The quantitative estimate of drug-likeness (QED) is 0.843. The zero-order chi connectivity index (χ0) is 18.0. The fourth-order valence-electron chi connectivity index (χ4n) is 3.27. The highest BCUT2D eigenvalue weighted by Gasteiger charge is 2.36. The Labute approximate surface area is 156 Å². The highest BCUT2D eigenvalue weighted by molar-refractivity contribution is 9.10. The first-order valence-corrected chi connectivity index (χ1v) is 9.17. The Balaban J connectivity index is 1.69. The lowest BCUT2D eigenvalue weighted by atomic mass is 10.0. The molecule has 1 heterocycles. The molecule has 0 spiro atoms. The summed E-state index contributed by atoms with van der Waals surface area (Å²) in [6, 6.07) is 15.5. The molecule has 1 aliphatic heterocycles. The van der Waals surface area contributed by atoms with Crippen molar-refractivity contribution in [1.82, 2.24) is 5.32 Å². The van der Waals surface area contributed by atoms with E-state index in [0.717, 1.165) is 21.3 Å². The zero-order valence-corrected chi connectivity index (χ0v) is 15.9. The van der Waals surface area contributed by atoms with Crippen molar-refractivity contribution >= 4 is 33.4 Å². The SMILES string of the molecule is Cc1ccccc1[C@H](C)NC(=O)[C@@H]1CC(=O)N(c2ccccc2Br)C1. The number of halogens is 1. The summed E-state index contributed by atoms with van der Waals surface area (Å²) in [4.78, 5) is 26.7. The molecular formula is C20H21BrN2O2. The van der Waals surface area contributed by atoms with Gasteiger partial charge in [-0.1, -0.05) is 36.4 Å². The minimum atomic E-state index is -0.328. The van der Waals surface area contributed by atoms with Gasteiger partial charge < -0.3 is 10.2 Å². The molecule has 0 aliphatic carbocycles. The van der Waals surface area contributed by atoms with E-state index >= 15 is 0 Å². The molecule has 0 bridgehead atoms. The van der Waals surface area contributed by atoms with Crippen LogP contribution < -0.4 is 10.2 Å². The molecule has 2 atom stereocenters. The van der Waals surface area contributed by atoms with Crippen LogP contribution in [0.3, 0.4) is 0 Å². The summed E-state index contributed by atoms with van der Waals surface area (Å²) in [6.45, 7) is 4.42. The predicted molar refractivity (Wildman–Crippen MR) is 102 cm³/mol. The first-order chi connectivity index (χ1) is 12.0. The molecule has 4 nitrogen and oxygen atoms in total. The van der Waals surface area contributed by atoms with Crippen molar-refractivity contribution < 1.29 is 9.59 Å². The smallest absolute Gasteiger partial charge is 0.227 e. The maximum Gasteiger partial charge on any atom is 0.227 e. The summed E-state index contributed by atoms with van der Waals surface area (Å²) < 4.78 is 0.859. The average Bonchev–Trinajstić information content (AvgIpc) is 2.97. The standard InChI is InChI=1S/C20H21BrN2O2/c1-13-7-3-4-8-16(13)14(2)22-20(25)15-11-19(24)23(12-15)18-10-6-5-9-17(18)21/h3-10,14-15H,11-12H2,1-2H3,(H,22,25)/t14-,15+/m0/s1. The molecule has 130 valence electrons. The van der Waals surface area contributed by atoms with Gasteiger partial charge in [0.15, 0.2) is 0 Å². The van der Waals surface area contributed by atoms with Crippen molar-refractivity contribution in [2.75, 3.05) is 11.4 Å². The van der Waals surface area contributed by atoms with Gasteiger partial charge >= 0.3 is 0 Å². The fourth-order valence-corrected chi connectivity index (χ4v) is 3.77. The number of rotatable bonds is 4. The maximum atomic E-state index is 12.6. The third kappa shape index (κ3) is 3.76. The number of para-hydroxylation sites is 1. The van der Waals surface area contributed by atoms with E-state index in [0.29, 0.717) is 6.54 Å². The molecule has 1 fully saturated rings. The van der Waals surface area contributed by atoms with Crippen LogP contribution in [0.5, 0.6) is 0 Å². The predicted octanol–water partition coefficient (Wildman–Crippen LogP) is 3.99.